The van der Waals surface area contributed by atoms with Crippen LogP contribution >= 0.6 is 0 Å². The van der Waals surface area contributed by atoms with Crippen molar-refractivity contribution < 1.29 is 0 Å². The van der Waals surface area contributed by atoms with Gasteiger partial charge >= 0.3 is 0 Å². The number of rotatable bonds is 5. The summed E-state index contributed by atoms with van der Waals surface area (Å²) in [5, 5.41) is 0. The maximum Gasteiger partial charge on any atom is 0.0399 e. The van der Waals surface area contributed by atoms with E-state index >= 15 is 0 Å². The molecule has 0 radical (unpaired) electrons. The molecular weight excluding hydrogens is 613 g/mol. The Labute approximate surface area is 309 Å². The van der Waals surface area contributed by atoms with Crippen LogP contribution in [0.15, 0.2) is 137 Å². The number of allylic oxidation sites excluding steroid dienone is 10. The third kappa shape index (κ3) is 3.98. The van der Waals surface area contributed by atoms with Gasteiger partial charge in [0.15, 0.2) is 0 Å². The van der Waals surface area contributed by atoms with Crippen molar-refractivity contribution in [2.45, 2.75) is 101 Å². The predicted octanol–water partition coefficient (Wildman–Crippen LogP) is 13.5. The summed E-state index contributed by atoms with van der Waals surface area (Å²) in [6.45, 7) is 28.6. The second kappa shape index (κ2) is 11.2. The van der Waals surface area contributed by atoms with Gasteiger partial charge in [-0.25, -0.2) is 0 Å². The third-order valence-corrected chi connectivity index (χ3v) is 16.9. The van der Waals surface area contributed by atoms with Crippen LogP contribution < -0.4 is 0 Å². The van der Waals surface area contributed by atoms with Crippen LogP contribution in [0.5, 0.6) is 0 Å². The van der Waals surface area contributed by atoms with E-state index in [1.807, 2.05) is 0 Å². The van der Waals surface area contributed by atoms with Crippen molar-refractivity contribution in [2.24, 2.45) is 44.8 Å². The van der Waals surface area contributed by atoms with E-state index in [1.165, 1.54) is 39.8 Å². The van der Waals surface area contributed by atoms with Crippen LogP contribution in [0, 0.1) is 44.8 Å². The van der Waals surface area contributed by atoms with Gasteiger partial charge in [-0.3, -0.25) is 0 Å². The molecule has 4 atom stereocenters. The van der Waals surface area contributed by atoms with Crippen molar-refractivity contribution in [3.05, 3.63) is 159 Å². The Balaban J connectivity index is 1.64. The Hall–Kier alpha value is -3.64. The fourth-order valence-electron chi connectivity index (χ4n) is 13.0. The highest BCUT2D eigenvalue weighted by atomic mass is 14.8. The zero-order chi connectivity index (χ0) is 36.4. The fraction of sp³-hybridized carbons (Fsp3) is 0.451. The maximum absolute atomic E-state index is 2.77. The first-order chi connectivity index (χ1) is 24.1. The number of hydrogen-bond acceptors (Lipinski definition) is 0. The summed E-state index contributed by atoms with van der Waals surface area (Å²) in [6.07, 6.45) is 13.6. The Kier molecular flexibility index (Phi) is 7.55. The molecule has 4 unspecified atom stereocenters. The van der Waals surface area contributed by atoms with Gasteiger partial charge in [-0.2, -0.15) is 0 Å². The second-order valence-electron chi connectivity index (χ2n) is 19.0. The van der Waals surface area contributed by atoms with Crippen molar-refractivity contribution >= 4 is 5.57 Å². The molecule has 0 aliphatic heterocycles. The average molecular weight is 673 g/mol. The number of fused-ring (bicyclic) bond motifs is 6. The molecule has 0 bridgehead atoms. The van der Waals surface area contributed by atoms with Crippen LogP contribution in [0.25, 0.3) is 5.57 Å². The quantitative estimate of drug-likeness (QED) is 0.253. The van der Waals surface area contributed by atoms with Crippen LogP contribution in [0.1, 0.15) is 111 Å². The average Bonchev–Trinajstić information content (AvgIpc) is 3.70. The Morgan fingerprint density at radius 3 is 1.88 bits per heavy atom. The van der Waals surface area contributed by atoms with Gasteiger partial charge in [0.05, 0.1) is 0 Å². The SMILES string of the molecule is CC1=CC(C(C)C)=CC1C(c1ccccc1)(c1ccccc1)C1(C)C2=C3Cc4ccccc4C3=C3C=CCCC3C2(C)C(C)(C)C(C)(C)C1(C)C. The van der Waals surface area contributed by atoms with Crippen molar-refractivity contribution in [3.63, 3.8) is 0 Å². The van der Waals surface area contributed by atoms with Crippen LogP contribution in [-0.2, 0) is 11.8 Å². The normalized spacial score (nSPS) is 30.0. The molecule has 3 aromatic rings. The highest BCUT2D eigenvalue weighted by Gasteiger charge is 2.78. The van der Waals surface area contributed by atoms with Crippen LogP contribution in [0.3, 0.4) is 0 Å². The van der Waals surface area contributed by atoms with Crippen molar-refractivity contribution in [2.75, 3.05) is 0 Å². The highest BCUT2D eigenvalue weighted by Crippen LogP contribution is 2.83. The monoisotopic (exact) mass is 672 g/mol. The van der Waals surface area contributed by atoms with Gasteiger partial charge in [0.25, 0.3) is 0 Å². The zero-order valence-electron chi connectivity index (χ0n) is 33.2. The van der Waals surface area contributed by atoms with E-state index in [2.05, 4.69) is 185 Å². The topological polar surface area (TPSA) is 0 Å². The molecule has 5 aliphatic carbocycles. The molecule has 0 aromatic heterocycles. The minimum atomic E-state index is -0.393. The van der Waals surface area contributed by atoms with E-state index in [1.54, 1.807) is 22.3 Å². The molecule has 5 aliphatic rings. The lowest BCUT2D eigenvalue weighted by Gasteiger charge is -2.78. The fourth-order valence-corrected chi connectivity index (χ4v) is 13.0. The molecule has 0 nitrogen and oxygen atoms in total. The van der Waals surface area contributed by atoms with Gasteiger partial charge < -0.3 is 0 Å². The van der Waals surface area contributed by atoms with Gasteiger partial charge in [0.2, 0.25) is 0 Å². The molecular formula is C51H60. The smallest absolute Gasteiger partial charge is 0.0399 e. The molecule has 51 heavy (non-hydrogen) atoms. The zero-order valence-corrected chi connectivity index (χ0v) is 33.2. The van der Waals surface area contributed by atoms with E-state index in [-0.39, 0.29) is 33.0 Å². The molecule has 0 N–H and O–H groups in total. The van der Waals surface area contributed by atoms with Crippen LogP contribution in [-0.4, -0.2) is 0 Å². The Morgan fingerprint density at radius 1 is 0.706 bits per heavy atom. The van der Waals surface area contributed by atoms with Gasteiger partial charge in [-0.1, -0.05) is 190 Å². The van der Waals surface area contributed by atoms with Gasteiger partial charge in [0.1, 0.15) is 0 Å². The predicted molar refractivity (Wildman–Crippen MR) is 217 cm³/mol. The van der Waals surface area contributed by atoms with Gasteiger partial charge in [0, 0.05) is 22.2 Å². The first-order valence-corrected chi connectivity index (χ1v) is 19.8. The summed E-state index contributed by atoms with van der Waals surface area (Å²) >= 11 is 0. The summed E-state index contributed by atoms with van der Waals surface area (Å²) in [7, 11) is 0. The summed E-state index contributed by atoms with van der Waals surface area (Å²) in [5.41, 5.74) is 14.3. The molecule has 1 saturated carbocycles. The molecule has 8 rings (SSSR count). The van der Waals surface area contributed by atoms with Crippen molar-refractivity contribution in [1.82, 2.24) is 0 Å². The molecule has 0 amide bonds. The summed E-state index contributed by atoms with van der Waals surface area (Å²) in [6, 6.07) is 33.0. The first kappa shape index (κ1) is 34.4. The summed E-state index contributed by atoms with van der Waals surface area (Å²) < 4.78 is 0. The van der Waals surface area contributed by atoms with E-state index in [9.17, 15) is 0 Å². The largest absolute Gasteiger partial charge is 0.0842 e. The minimum Gasteiger partial charge on any atom is -0.0842 e. The molecule has 3 aromatic carbocycles. The molecule has 0 saturated heterocycles. The lowest BCUT2D eigenvalue weighted by molar-refractivity contribution is -0.212. The first-order valence-electron chi connectivity index (χ1n) is 19.8. The van der Waals surface area contributed by atoms with E-state index in [0.717, 1.165) is 12.8 Å². The lowest BCUT2D eigenvalue weighted by atomic mass is 9.25. The molecule has 0 spiro atoms. The summed E-state index contributed by atoms with van der Waals surface area (Å²) in [4.78, 5) is 0. The lowest BCUT2D eigenvalue weighted by Crippen LogP contribution is -2.73. The van der Waals surface area contributed by atoms with Gasteiger partial charge in [-0.05, 0) is 98.8 Å². The van der Waals surface area contributed by atoms with Crippen LogP contribution in [0.2, 0.25) is 0 Å². The van der Waals surface area contributed by atoms with E-state index in [4.69, 9.17) is 0 Å². The molecule has 0 heteroatoms. The highest BCUT2D eigenvalue weighted by molar-refractivity contribution is 5.92. The number of benzene rings is 3. The minimum absolute atomic E-state index is 0.00858. The van der Waals surface area contributed by atoms with E-state index < -0.39 is 5.41 Å². The Morgan fingerprint density at radius 2 is 1.29 bits per heavy atom. The standard InChI is InChI=1S/C51H60/c1-33(2)36-30-34(3)43(32-36)51(37-23-14-12-15-24-37,38-25-16-13-17-26-38)50(11)45-41-31-35-22-18-19-27-39(35)44(41)40-28-20-21-29-42(40)49(45,10)47(6,7)46(4,5)48(50,8)9/h12-20,22-28,30,32-33,42-43H,21,29,31H2,1-11H3. The maximum atomic E-state index is 2.77. The summed E-state index contributed by atoms with van der Waals surface area (Å²) in [5.74, 6) is 1.11. The third-order valence-electron chi connectivity index (χ3n) is 16.9. The Bertz CT molecular complexity index is 2010. The van der Waals surface area contributed by atoms with Gasteiger partial charge in [-0.15, -0.1) is 0 Å². The molecule has 1 fully saturated rings. The molecule has 0 heterocycles. The number of hydrogen-bond donors (Lipinski definition) is 0. The van der Waals surface area contributed by atoms with Crippen molar-refractivity contribution in [3.8, 4) is 0 Å². The van der Waals surface area contributed by atoms with Crippen LogP contribution in [0.4, 0.5) is 0 Å². The van der Waals surface area contributed by atoms with E-state index in [0.29, 0.717) is 11.8 Å². The second-order valence-corrected chi connectivity index (χ2v) is 19.0. The van der Waals surface area contributed by atoms with Crippen molar-refractivity contribution in [1.29, 1.82) is 0 Å². The molecule has 264 valence electrons.